The number of rotatable bonds is 6. The van der Waals surface area contributed by atoms with Gasteiger partial charge in [-0.1, -0.05) is 36.3 Å². The number of amides is 2. The summed E-state index contributed by atoms with van der Waals surface area (Å²) in [6.07, 6.45) is 0.400. The maximum absolute atomic E-state index is 12.5. The monoisotopic (exact) mass is 388 g/mol. The standard InChI is InChI=1S/C18H16N2O6S/c1-2-11-27(24,25)19-15-10-6-5-9-14(15)18(23)26-20-16(21)12-7-3-4-8-13(12)17(20)22/h3-10,19H,2,11H2,1H3. The number of nitrogens with zero attached hydrogens (tertiary/aromatic N) is 1. The van der Waals surface area contributed by atoms with E-state index < -0.39 is 27.8 Å². The zero-order valence-corrected chi connectivity index (χ0v) is 15.2. The van der Waals surface area contributed by atoms with Crippen molar-refractivity contribution >= 4 is 33.5 Å². The highest BCUT2D eigenvalue weighted by Gasteiger charge is 2.39. The van der Waals surface area contributed by atoms with Crippen molar-refractivity contribution in [1.29, 1.82) is 0 Å². The molecule has 140 valence electrons. The van der Waals surface area contributed by atoms with Gasteiger partial charge in [-0.05, 0) is 30.7 Å². The SMILES string of the molecule is CCCS(=O)(=O)Nc1ccccc1C(=O)ON1C(=O)c2ccccc2C1=O. The fourth-order valence-corrected chi connectivity index (χ4v) is 3.77. The Bertz CT molecular complexity index is 997. The molecule has 0 aromatic heterocycles. The maximum Gasteiger partial charge on any atom is 0.366 e. The fraction of sp³-hybridized carbons (Fsp3) is 0.167. The molecule has 27 heavy (non-hydrogen) atoms. The number of hydrogen-bond acceptors (Lipinski definition) is 6. The molecule has 3 rings (SSSR count). The third-order valence-electron chi connectivity index (χ3n) is 3.82. The summed E-state index contributed by atoms with van der Waals surface area (Å²) in [5.41, 5.74) is 0.153. The molecule has 0 saturated carbocycles. The van der Waals surface area contributed by atoms with Crippen LogP contribution >= 0.6 is 0 Å². The second-order valence-corrected chi connectivity index (χ2v) is 7.64. The first-order chi connectivity index (χ1) is 12.8. The van der Waals surface area contributed by atoms with E-state index in [1.807, 2.05) is 0 Å². The Morgan fingerprint density at radius 1 is 1.00 bits per heavy atom. The minimum Gasteiger partial charge on any atom is -0.324 e. The number of hydrogen-bond donors (Lipinski definition) is 1. The summed E-state index contributed by atoms with van der Waals surface area (Å²) in [6.45, 7) is 1.71. The number of para-hydroxylation sites is 1. The van der Waals surface area contributed by atoms with Gasteiger partial charge in [-0.3, -0.25) is 14.3 Å². The van der Waals surface area contributed by atoms with Crippen LogP contribution in [-0.4, -0.2) is 37.0 Å². The molecule has 1 aliphatic heterocycles. The van der Waals surface area contributed by atoms with Crippen LogP contribution in [0.2, 0.25) is 0 Å². The zero-order valence-electron chi connectivity index (χ0n) is 14.3. The van der Waals surface area contributed by atoms with Crippen molar-refractivity contribution in [3.8, 4) is 0 Å². The maximum atomic E-state index is 12.5. The van der Waals surface area contributed by atoms with Crippen LogP contribution in [0.5, 0.6) is 0 Å². The van der Waals surface area contributed by atoms with Gasteiger partial charge in [0.1, 0.15) is 0 Å². The van der Waals surface area contributed by atoms with Gasteiger partial charge < -0.3 is 4.84 Å². The summed E-state index contributed by atoms with van der Waals surface area (Å²) in [5.74, 6) is -2.66. The summed E-state index contributed by atoms with van der Waals surface area (Å²) < 4.78 is 26.3. The van der Waals surface area contributed by atoms with E-state index in [-0.39, 0.29) is 28.1 Å². The first-order valence-corrected chi connectivity index (χ1v) is 9.79. The van der Waals surface area contributed by atoms with Gasteiger partial charge in [0.15, 0.2) is 0 Å². The van der Waals surface area contributed by atoms with E-state index in [1.54, 1.807) is 25.1 Å². The molecule has 0 fully saturated rings. The van der Waals surface area contributed by atoms with E-state index in [0.717, 1.165) is 0 Å². The summed E-state index contributed by atoms with van der Waals surface area (Å²) in [7, 11) is -3.64. The molecule has 9 heteroatoms. The van der Waals surface area contributed by atoms with Crippen LogP contribution < -0.4 is 4.72 Å². The van der Waals surface area contributed by atoms with Gasteiger partial charge in [-0.15, -0.1) is 0 Å². The number of anilines is 1. The molecule has 0 bridgehead atoms. The van der Waals surface area contributed by atoms with E-state index in [4.69, 9.17) is 4.84 Å². The van der Waals surface area contributed by atoms with Gasteiger partial charge in [0.2, 0.25) is 10.0 Å². The lowest BCUT2D eigenvalue weighted by Gasteiger charge is -2.15. The molecule has 2 aromatic carbocycles. The summed E-state index contributed by atoms with van der Waals surface area (Å²) >= 11 is 0. The minimum atomic E-state index is -3.64. The van der Waals surface area contributed by atoms with Crippen molar-refractivity contribution in [3.05, 3.63) is 65.2 Å². The molecule has 8 nitrogen and oxygen atoms in total. The molecule has 2 aromatic rings. The Morgan fingerprint density at radius 3 is 2.15 bits per heavy atom. The molecular weight excluding hydrogens is 372 g/mol. The molecular formula is C18H16N2O6S. The van der Waals surface area contributed by atoms with Crippen LogP contribution in [0, 0.1) is 0 Å². The van der Waals surface area contributed by atoms with Crippen LogP contribution in [-0.2, 0) is 14.9 Å². The molecule has 0 radical (unpaired) electrons. The highest BCUT2D eigenvalue weighted by molar-refractivity contribution is 7.92. The predicted molar refractivity (Wildman–Crippen MR) is 96.5 cm³/mol. The number of nitrogens with one attached hydrogen (secondary N) is 1. The second kappa shape index (κ2) is 7.20. The van der Waals surface area contributed by atoms with Crippen molar-refractivity contribution in [1.82, 2.24) is 5.06 Å². The molecule has 1 aliphatic rings. The molecule has 0 atom stereocenters. The van der Waals surface area contributed by atoms with E-state index in [2.05, 4.69) is 4.72 Å². The number of benzene rings is 2. The molecule has 1 N–H and O–H groups in total. The van der Waals surface area contributed by atoms with Gasteiger partial charge in [0.25, 0.3) is 11.8 Å². The second-order valence-electron chi connectivity index (χ2n) is 5.80. The van der Waals surface area contributed by atoms with Crippen molar-refractivity contribution in [2.45, 2.75) is 13.3 Å². The van der Waals surface area contributed by atoms with Gasteiger partial charge in [0, 0.05) is 0 Å². The van der Waals surface area contributed by atoms with Crippen LogP contribution in [0.3, 0.4) is 0 Å². The highest BCUT2D eigenvalue weighted by atomic mass is 32.2. The first-order valence-electron chi connectivity index (χ1n) is 8.13. The van der Waals surface area contributed by atoms with Crippen molar-refractivity contribution in [3.63, 3.8) is 0 Å². The summed E-state index contributed by atoms with van der Waals surface area (Å²) in [5, 5.41) is 0.379. The zero-order chi connectivity index (χ0) is 19.6. The molecule has 0 saturated heterocycles. The Balaban J connectivity index is 1.84. The van der Waals surface area contributed by atoms with Crippen LogP contribution in [0.4, 0.5) is 5.69 Å². The van der Waals surface area contributed by atoms with Crippen molar-refractivity contribution < 1.29 is 27.6 Å². The third kappa shape index (κ3) is 3.68. The lowest BCUT2D eigenvalue weighted by Crippen LogP contribution is -2.33. The fourth-order valence-electron chi connectivity index (χ4n) is 2.62. The van der Waals surface area contributed by atoms with Gasteiger partial charge in [-0.2, -0.15) is 0 Å². The number of carbonyl (C=O) groups excluding carboxylic acids is 3. The van der Waals surface area contributed by atoms with Crippen molar-refractivity contribution in [2.24, 2.45) is 0 Å². The van der Waals surface area contributed by atoms with Crippen LogP contribution in [0.25, 0.3) is 0 Å². The van der Waals surface area contributed by atoms with Gasteiger partial charge in [0.05, 0.1) is 28.1 Å². The summed E-state index contributed by atoms with van der Waals surface area (Å²) in [4.78, 5) is 42.1. The Morgan fingerprint density at radius 2 is 1.56 bits per heavy atom. The highest BCUT2D eigenvalue weighted by Crippen LogP contribution is 2.25. The molecule has 0 aliphatic carbocycles. The Labute approximate surface area is 155 Å². The average molecular weight is 388 g/mol. The largest absolute Gasteiger partial charge is 0.366 e. The minimum absolute atomic E-state index is 0.00700. The number of sulfonamides is 1. The summed E-state index contributed by atoms with van der Waals surface area (Å²) in [6, 6.07) is 11.9. The van der Waals surface area contributed by atoms with Crippen LogP contribution in [0.15, 0.2) is 48.5 Å². The Kier molecular flexibility index (Phi) is 4.95. The van der Waals surface area contributed by atoms with Crippen molar-refractivity contribution in [2.75, 3.05) is 10.5 Å². The van der Waals surface area contributed by atoms with E-state index in [0.29, 0.717) is 11.5 Å². The van der Waals surface area contributed by atoms with E-state index in [9.17, 15) is 22.8 Å². The predicted octanol–water partition coefficient (Wildman–Crippen LogP) is 2.21. The lowest BCUT2D eigenvalue weighted by atomic mass is 10.1. The molecule has 2 amide bonds. The lowest BCUT2D eigenvalue weighted by molar-refractivity contribution is -0.0583. The van der Waals surface area contributed by atoms with E-state index >= 15 is 0 Å². The quantitative estimate of drug-likeness (QED) is 0.760. The number of carbonyl (C=O) groups is 3. The molecule has 0 unspecified atom stereocenters. The first kappa shape index (κ1) is 18.6. The number of hydroxylamine groups is 2. The topological polar surface area (TPSA) is 110 Å². The molecule has 0 spiro atoms. The Hall–Kier alpha value is -3.20. The normalized spacial score (nSPS) is 13.4. The number of fused-ring (bicyclic) bond motifs is 1. The number of imide groups is 1. The van der Waals surface area contributed by atoms with Gasteiger partial charge >= 0.3 is 5.97 Å². The smallest absolute Gasteiger partial charge is 0.324 e. The molecule has 1 heterocycles. The van der Waals surface area contributed by atoms with Gasteiger partial charge in [-0.25, -0.2) is 13.2 Å². The van der Waals surface area contributed by atoms with E-state index in [1.165, 1.54) is 30.3 Å². The van der Waals surface area contributed by atoms with Crippen LogP contribution in [0.1, 0.15) is 44.4 Å². The average Bonchev–Trinajstić information content (AvgIpc) is 2.87. The third-order valence-corrected chi connectivity index (χ3v) is 5.29.